The van der Waals surface area contributed by atoms with Crippen molar-refractivity contribution < 1.29 is 9.80 Å². The maximum atomic E-state index is 5.88. The summed E-state index contributed by atoms with van der Waals surface area (Å²) in [4.78, 5) is 5.66. The number of hydrogen-bond acceptors (Lipinski definition) is 1. The van der Waals surface area contributed by atoms with E-state index in [9.17, 15) is 0 Å². The minimum Gasteiger partial charge on any atom is -0.340 e. The Morgan fingerprint density at radius 1 is 1.27 bits per heavy atom. The first-order chi connectivity index (χ1) is 12.4. The summed E-state index contributed by atoms with van der Waals surface area (Å²) in [6.45, 7) is 11.5. The molecule has 0 spiro atoms. The van der Waals surface area contributed by atoms with Crippen molar-refractivity contribution in [2.75, 3.05) is 45.6 Å². The van der Waals surface area contributed by atoms with Gasteiger partial charge in [0.05, 0.1) is 46.3 Å². The largest absolute Gasteiger partial charge is 0.340 e. The van der Waals surface area contributed by atoms with Gasteiger partial charge in [0.25, 0.3) is 0 Å². The zero-order valence-electron chi connectivity index (χ0n) is 17.3. The molecule has 0 amide bonds. The molecule has 2 rings (SSSR count). The first-order valence-electron chi connectivity index (χ1n) is 10.2. The van der Waals surface area contributed by atoms with Crippen molar-refractivity contribution in [2.24, 2.45) is 0 Å². The predicted molar refractivity (Wildman–Crippen MR) is 115 cm³/mol. The molecule has 1 aromatic rings. The molecule has 4 nitrogen and oxygen atoms in total. The lowest BCUT2D eigenvalue weighted by Crippen LogP contribution is -3.16. The molecule has 0 saturated carbocycles. The molecule has 1 aliphatic heterocycles. The zero-order valence-corrected chi connectivity index (χ0v) is 18.1. The van der Waals surface area contributed by atoms with E-state index in [4.69, 9.17) is 12.2 Å². The minimum atomic E-state index is 0.561. The number of likely N-dealkylation sites (N-methyl/N-ethyl adjacent to an activating group) is 1. The van der Waals surface area contributed by atoms with Gasteiger partial charge in [-0.05, 0) is 44.1 Å². The van der Waals surface area contributed by atoms with E-state index in [0.717, 1.165) is 36.4 Å². The molecular weight excluding hydrogens is 340 g/mol. The van der Waals surface area contributed by atoms with Crippen molar-refractivity contribution in [3.63, 3.8) is 0 Å². The molecule has 1 aliphatic rings. The SMILES string of the molecule is CCc1ccccc1NC(=S)N(CC[NH+](C)C)C1CC[NH+](C(C)C)CC1. The third kappa shape index (κ3) is 5.93. The van der Waals surface area contributed by atoms with Crippen LogP contribution in [0.25, 0.3) is 0 Å². The molecular formula is C21H38N4S+2. The van der Waals surface area contributed by atoms with Crippen molar-refractivity contribution >= 4 is 23.0 Å². The summed E-state index contributed by atoms with van der Waals surface area (Å²) in [5, 5.41) is 4.45. The first kappa shape index (κ1) is 21.1. The number of likely N-dealkylation sites (tertiary alicyclic amines) is 1. The fourth-order valence-corrected chi connectivity index (χ4v) is 4.14. The van der Waals surface area contributed by atoms with E-state index in [1.54, 1.807) is 4.90 Å². The van der Waals surface area contributed by atoms with Crippen molar-refractivity contribution in [1.29, 1.82) is 0 Å². The van der Waals surface area contributed by atoms with Crippen LogP contribution in [0.4, 0.5) is 5.69 Å². The Balaban J connectivity index is 2.07. The minimum absolute atomic E-state index is 0.561. The number of anilines is 1. The second kappa shape index (κ2) is 10.2. The topological polar surface area (TPSA) is 24.2 Å². The van der Waals surface area contributed by atoms with E-state index in [-0.39, 0.29) is 0 Å². The van der Waals surface area contributed by atoms with E-state index in [2.05, 4.69) is 69.3 Å². The van der Waals surface area contributed by atoms with Gasteiger partial charge in [-0.15, -0.1) is 0 Å². The van der Waals surface area contributed by atoms with E-state index in [1.807, 2.05) is 0 Å². The van der Waals surface area contributed by atoms with Crippen LogP contribution < -0.4 is 15.1 Å². The molecule has 1 heterocycles. The molecule has 0 atom stereocenters. The molecule has 0 radical (unpaired) electrons. The Labute approximate surface area is 165 Å². The van der Waals surface area contributed by atoms with Gasteiger partial charge in [0.1, 0.15) is 0 Å². The lowest BCUT2D eigenvalue weighted by Gasteiger charge is -2.39. The number of nitrogens with one attached hydrogen (secondary N) is 3. The average molecular weight is 379 g/mol. The van der Waals surface area contributed by atoms with Crippen LogP contribution in [0.2, 0.25) is 0 Å². The number of thiocarbonyl (C=S) groups is 1. The molecule has 3 N–H and O–H groups in total. The highest BCUT2D eigenvalue weighted by molar-refractivity contribution is 7.80. The Morgan fingerprint density at radius 3 is 2.50 bits per heavy atom. The third-order valence-electron chi connectivity index (χ3n) is 5.61. The summed E-state index contributed by atoms with van der Waals surface area (Å²) in [7, 11) is 4.43. The van der Waals surface area contributed by atoms with Gasteiger partial charge in [-0.1, -0.05) is 25.1 Å². The van der Waals surface area contributed by atoms with Crippen LogP contribution in [0.5, 0.6) is 0 Å². The van der Waals surface area contributed by atoms with Crippen LogP contribution in [0.1, 0.15) is 39.2 Å². The van der Waals surface area contributed by atoms with E-state index in [1.165, 1.54) is 36.4 Å². The van der Waals surface area contributed by atoms with Crippen molar-refractivity contribution in [3.05, 3.63) is 29.8 Å². The normalized spacial score (nSPS) is 20.4. The van der Waals surface area contributed by atoms with Crippen LogP contribution in [0.3, 0.4) is 0 Å². The summed E-state index contributed by atoms with van der Waals surface area (Å²) in [6, 6.07) is 9.80. The van der Waals surface area contributed by atoms with E-state index < -0.39 is 0 Å². The maximum absolute atomic E-state index is 5.88. The van der Waals surface area contributed by atoms with Gasteiger partial charge in [0.15, 0.2) is 5.11 Å². The molecule has 0 bridgehead atoms. The molecule has 1 fully saturated rings. The van der Waals surface area contributed by atoms with Gasteiger partial charge in [-0.2, -0.15) is 0 Å². The van der Waals surface area contributed by atoms with E-state index in [0.29, 0.717) is 6.04 Å². The van der Waals surface area contributed by atoms with E-state index >= 15 is 0 Å². The van der Waals surface area contributed by atoms with Crippen molar-refractivity contribution in [3.8, 4) is 0 Å². The summed E-state index contributed by atoms with van der Waals surface area (Å²) in [6.07, 6.45) is 3.48. The highest BCUT2D eigenvalue weighted by atomic mass is 32.1. The summed E-state index contributed by atoms with van der Waals surface area (Å²) >= 11 is 5.88. The third-order valence-corrected chi connectivity index (χ3v) is 5.94. The fraction of sp³-hybridized carbons (Fsp3) is 0.667. The van der Waals surface area contributed by atoms with Gasteiger partial charge in [0, 0.05) is 24.6 Å². The highest BCUT2D eigenvalue weighted by Gasteiger charge is 2.29. The van der Waals surface area contributed by atoms with Gasteiger partial charge in [0.2, 0.25) is 0 Å². The molecule has 5 heteroatoms. The molecule has 1 saturated heterocycles. The van der Waals surface area contributed by atoms with Crippen LogP contribution in [0.15, 0.2) is 24.3 Å². The monoisotopic (exact) mass is 378 g/mol. The molecule has 0 aliphatic carbocycles. The molecule has 26 heavy (non-hydrogen) atoms. The number of nitrogens with zero attached hydrogens (tertiary/aromatic N) is 1. The molecule has 0 unspecified atom stereocenters. The first-order valence-corrected chi connectivity index (χ1v) is 10.6. The highest BCUT2D eigenvalue weighted by Crippen LogP contribution is 2.18. The second-order valence-electron chi connectivity index (χ2n) is 8.14. The number of benzene rings is 1. The standard InChI is InChI=1S/C21H36N4S/c1-6-18-9-7-8-10-20(18)22-21(26)25(16-15-23(4)5)19-11-13-24(14-12-19)17(2)3/h7-10,17,19H,6,11-16H2,1-5H3,(H,22,26)/p+2. The Bertz CT molecular complexity index is 565. The Morgan fingerprint density at radius 2 is 1.92 bits per heavy atom. The number of aryl methyl sites for hydroxylation is 1. The number of para-hydroxylation sites is 1. The number of hydrogen-bond donors (Lipinski definition) is 3. The fourth-order valence-electron chi connectivity index (χ4n) is 3.79. The van der Waals surface area contributed by atoms with Gasteiger partial charge >= 0.3 is 0 Å². The van der Waals surface area contributed by atoms with Crippen LogP contribution in [0, 0.1) is 0 Å². The quantitative estimate of drug-likeness (QED) is 0.613. The Kier molecular flexibility index (Phi) is 8.32. The summed E-state index contributed by atoms with van der Waals surface area (Å²) in [5.74, 6) is 0. The van der Waals surface area contributed by atoms with Gasteiger partial charge < -0.3 is 20.0 Å². The number of piperidine rings is 1. The maximum Gasteiger partial charge on any atom is 0.173 e. The summed E-state index contributed by atoms with van der Waals surface area (Å²) < 4.78 is 0. The zero-order chi connectivity index (χ0) is 19.1. The second-order valence-corrected chi connectivity index (χ2v) is 8.52. The van der Waals surface area contributed by atoms with Gasteiger partial charge in [-0.25, -0.2) is 0 Å². The Hall–Kier alpha value is -1.17. The van der Waals surface area contributed by atoms with Crippen molar-refractivity contribution in [2.45, 2.75) is 52.1 Å². The predicted octanol–water partition coefficient (Wildman–Crippen LogP) is 0.848. The lowest BCUT2D eigenvalue weighted by atomic mass is 10.0. The smallest absolute Gasteiger partial charge is 0.173 e. The van der Waals surface area contributed by atoms with Crippen molar-refractivity contribution in [1.82, 2.24) is 4.90 Å². The van der Waals surface area contributed by atoms with Gasteiger partial charge in [-0.3, -0.25) is 0 Å². The van der Waals surface area contributed by atoms with Crippen LogP contribution >= 0.6 is 12.2 Å². The molecule has 0 aromatic heterocycles. The van der Waals surface area contributed by atoms with Crippen LogP contribution in [-0.2, 0) is 6.42 Å². The molecule has 146 valence electrons. The molecule has 1 aromatic carbocycles. The average Bonchev–Trinajstić information content (AvgIpc) is 2.62. The van der Waals surface area contributed by atoms with Crippen LogP contribution in [-0.4, -0.2) is 62.4 Å². The summed E-state index contributed by atoms with van der Waals surface area (Å²) in [5.41, 5.74) is 2.49. The number of quaternary nitrogens is 2. The lowest BCUT2D eigenvalue weighted by molar-refractivity contribution is -0.926. The number of rotatable bonds is 7.